The Balaban J connectivity index is 1.92. The summed E-state index contributed by atoms with van der Waals surface area (Å²) in [6.45, 7) is 7.39. The van der Waals surface area contributed by atoms with Gasteiger partial charge in [0.15, 0.2) is 0 Å². The van der Waals surface area contributed by atoms with Crippen molar-refractivity contribution in [2.45, 2.75) is 39.3 Å². The largest absolute Gasteiger partial charge is 0.443 e. The van der Waals surface area contributed by atoms with Crippen LogP contribution in [0.2, 0.25) is 0 Å². The zero-order valence-electron chi connectivity index (χ0n) is 13.3. The molecule has 0 spiro atoms. The first-order valence-electron chi connectivity index (χ1n) is 7.20. The summed E-state index contributed by atoms with van der Waals surface area (Å²) in [5, 5.41) is 4.33. The van der Waals surface area contributed by atoms with Gasteiger partial charge in [-0.15, -0.1) is 0 Å². The van der Waals surface area contributed by atoms with Gasteiger partial charge in [-0.25, -0.2) is 14.9 Å². The maximum atomic E-state index is 11.6. The van der Waals surface area contributed by atoms with E-state index in [0.29, 0.717) is 0 Å². The topological polar surface area (TPSA) is 68.2 Å². The van der Waals surface area contributed by atoms with Crippen LogP contribution in [-0.4, -0.2) is 21.5 Å². The average Bonchev–Trinajstić information content (AvgIpc) is 2.94. The van der Waals surface area contributed by atoms with E-state index in [0.717, 1.165) is 11.3 Å². The molecule has 1 atom stereocenters. The Morgan fingerprint density at radius 3 is 2.59 bits per heavy atom. The SMILES string of the molecule is CC(NNC(=O)OC(C)(C)C)c1cnn(-c2ccccc2)c1. The van der Waals surface area contributed by atoms with E-state index in [1.54, 1.807) is 10.9 Å². The average molecular weight is 302 g/mol. The molecule has 2 aromatic rings. The first-order chi connectivity index (χ1) is 10.3. The summed E-state index contributed by atoms with van der Waals surface area (Å²) in [5.74, 6) is 0. The smallest absolute Gasteiger partial charge is 0.422 e. The van der Waals surface area contributed by atoms with Gasteiger partial charge < -0.3 is 4.74 Å². The predicted molar refractivity (Wildman–Crippen MR) is 84.5 cm³/mol. The number of ether oxygens (including phenoxy) is 1. The van der Waals surface area contributed by atoms with Gasteiger partial charge in [0.2, 0.25) is 0 Å². The molecule has 22 heavy (non-hydrogen) atoms. The molecule has 2 N–H and O–H groups in total. The number of hydrogen-bond acceptors (Lipinski definition) is 4. The fourth-order valence-corrected chi connectivity index (χ4v) is 1.84. The van der Waals surface area contributed by atoms with Gasteiger partial charge in [-0.2, -0.15) is 5.10 Å². The first kappa shape index (κ1) is 16.0. The van der Waals surface area contributed by atoms with Crippen molar-refractivity contribution in [2.24, 2.45) is 0 Å². The lowest BCUT2D eigenvalue weighted by Gasteiger charge is -2.21. The number of amides is 1. The van der Waals surface area contributed by atoms with Crippen LogP contribution in [0.4, 0.5) is 4.79 Å². The van der Waals surface area contributed by atoms with Crippen LogP contribution in [0.5, 0.6) is 0 Å². The lowest BCUT2D eigenvalue weighted by atomic mass is 10.2. The summed E-state index contributed by atoms with van der Waals surface area (Å²) in [5.41, 5.74) is 6.87. The summed E-state index contributed by atoms with van der Waals surface area (Å²) in [6, 6.07) is 9.75. The van der Waals surface area contributed by atoms with Crippen molar-refractivity contribution in [3.63, 3.8) is 0 Å². The molecule has 0 saturated heterocycles. The van der Waals surface area contributed by atoms with E-state index in [1.807, 2.05) is 64.2 Å². The van der Waals surface area contributed by atoms with Crippen molar-refractivity contribution in [2.75, 3.05) is 0 Å². The minimum Gasteiger partial charge on any atom is -0.443 e. The Labute approximate surface area is 130 Å². The second kappa shape index (κ2) is 6.62. The number of nitrogens with one attached hydrogen (secondary N) is 2. The van der Waals surface area contributed by atoms with Gasteiger partial charge in [-0.3, -0.25) is 5.43 Å². The third-order valence-electron chi connectivity index (χ3n) is 2.91. The van der Waals surface area contributed by atoms with Crippen molar-refractivity contribution in [3.05, 3.63) is 48.3 Å². The number of hydrazine groups is 1. The van der Waals surface area contributed by atoms with E-state index >= 15 is 0 Å². The maximum absolute atomic E-state index is 11.6. The van der Waals surface area contributed by atoms with Gasteiger partial charge >= 0.3 is 6.09 Å². The molecule has 6 heteroatoms. The highest BCUT2D eigenvalue weighted by Gasteiger charge is 2.17. The Bertz CT molecular complexity index is 617. The number of hydrogen-bond donors (Lipinski definition) is 2. The van der Waals surface area contributed by atoms with Crippen LogP contribution >= 0.6 is 0 Å². The van der Waals surface area contributed by atoms with Crippen molar-refractivity contribution in [1.82, 2.24) is 20.6 Å². The van der Waals surface area contributed by atoms with Gasteiger partial charge in [0.05, 0.1) is 17.9 Å². The standard InChI is InChI=1S/C16H22N4O2/c1-12(18-19-15(21)22-16(2,3)4)13-10-17-20(11-13)14-8-6-5-7-9-14/h5-12,18H,1-4H3,(H,19,21). The molecule has 0 radical (unpaired) electrons. The number of para-hydroxylation sites is 1. The fraction of sp³-hybridized carbons (Fsp3) is 0.375. The number of carbonyl (C=O) groups is 1. The molecule has 0 aliphatic heterocycles. The normalized spacial score (nSPS) is 12.7. The molecule has 0 fully saturated rings. The lowest BCUT2D eigenvalue weighted by Crippen LogP contribution is -2.42. The van der Waals surface area contributed by atoms with Crippen molar-refractivity contribution >= 4 is 6.09 Å². The third kappa shape index (κ3) is 4.60. The summed E-state index contributed by atoms with van der Waals surface area (Å²) in [6.07, 6.45) is 3.18. The van der Waals surface area contributed by atoms with E-state index in [4.69, 9.17) is 4.74 Å². The van der Waals surface area contributed by atoms with Gasteiger partial charge in [0.25, 0.3) is 0 Å². The van der Waals surface area contributed by atoms with Crippen LogP contribution in [0.15, 0.2) is 42.7 Å². The van der Waals surface area contributed by atoms with E-state index in [2.05, 4.69) is 16.0 Å². The highest BCUT2D eigenvalue weighted by Crippen LogP contribution is 2.13. The Kier molecular flexibility index (Phi) is 4.82. The van der Waals surface area contributed by atoms with Crippen molar-refractivity contribution in [1.29, 1.82) is 0 Å². The number of benzene rings is 1. The highest BCUT2D eigenvalue weighted by atomic mass is 16.6. The zero-order valence-corrected chi connectivity index (χ0v) is 13.3. The van der Waals surface area contributed by atoms with Crippen LogP contribution in [0.25, 0.3) is 5.69 Å². The minimum atomic E-state index is -0.521. The molecule has 1 unspecified atom stereocenters. The summed E-state index contributed by atoms with van der Waals surface area (Å²) < 4.78 is 6.96. The molecule has 6 nitrogen and oxygen atoms in total. The Hall–Kier alpha value is -2.34. The molecular weight excluding hydrogens is 280 g/mol. The second-order valence-electron chi connectivity index (χ2n) is 6.05. The van der Waals surface area contributed by atoms with E-state index < -0.39 is 11.7 Å². The molecule has 1 aromatic heterocycles. The Morgan fingerprint density at radius 1 is 1.27 bits per heavy atom. The van der Waals surface area contributed by atoms with Crippen LogP contribution < -0.4 is 10.9 Å². The molecule has 0 aliphatic rings. The summed E-state index contributed by atoms with van der Waals surface area (Å²) >= 11 is 0. The van der Waals surface area contributed by atoms with Gasteiger partial charge in [0.1, 0.15) is 5.60 Å². The van der Waals surface area contributed by atoms with Crippen molar-refractivity contribution in [3.8, 4) is 5.69 Å². The molecule has 2 rings (SSSR count). The van der Waals surface area contributed by atoms with E-state index in [9.17, 15) is 4.79 Å². The third-order valence-corrected chi connectivity index (χ3v) is 2.91. The van der Waals surface area contributed by atoms with Gasteiger partial charge in [-0.1, -0.05) is 18.2 Å². The van der Waals surface area contributed by atoms with Crippen LogP contribution in [0.3, 0.4) is 0 Å². The Morgan fingerprint density at radius 2 is 1.95 bits per heavy atom. The molecule has 0 saturated carbocycles. The predicted octanol–water partition coefficient (Wildman–Crippen LogP) is 2.96. The minimum absolute atomic E-state index is 0.0926. The van der Waals surface area contributed by atoms with E-state index in [-0.39, 0.29) is 6.04 Å². The zero-order chi connectivity index (χ0) is 16.2. The number of carbonyl (C=O) groups excluding carboxylic acids is 1. The van der Waals surface area contributed by atoms with Crippen LogP contribution in [-0.2, 0) is 4.74 Å². The summed E-state index contributed by atoms with van der Waals surface area (Å²) in [7, 11) is 0. The molecule has 0 bridgehead atoms. The quantitative estimate of drug-likeness (QED) is 0.852. The molecule has 1 heterocycles. The molecule has 1 amide bonds. The second-order valence-corrected chi connectivity index (χ2v) is 6.05. The monoisotopic (exact) mass is 302 g/mol. The van der Waals surface area contributed by atoms with Gasteiger partial charge in [0, 0.05) is 11.8 Å². The molecule has 118 valence electrons. The molecule has 1 aromatic carbocycles. The highest BCUT2D eigenvalue weighted by molar-refractivity contribution is 5.67. The lowest BCUT2D eigenvalue weighted by molar-refractivity contribution is 0.0489. The molecule has 0 aliphatic carbocycles. The molecular formula is C16H22N4O2. The number of nitrogens with zero attached hydrogens (tertiary/aromatic N) is 2. The maximum Gasteiger partial charge on any atom is 0.422 e. The van der Waals surface area contributed by atoms with Crippen LogP contribution in [0, 0.1) is 0 Å². The first-order valence-corrected chi connectivity index (χ1v) is 7.20. The fourth-order valence-electron chi connectivity index (χ4n) is 1.84. The van der Waals surface area contributed by atoms with E-state index in [1.165, 1.54) is 0 Å². The number of aromatic nitrogens is 2. The van der Waals surface area contributed by atoms with Gasteiger partial charge in [-0.05, 0) is 39.8 Å². The number of rotatable bonds is 4. The van der Waals surface area contributed by atoms with Crippen molar-refractivity contribution < 1.29 is 9.53 Å². The van der Waals surface area contributed by atoms with Crippen LogP contribution in [0.1, 0.15) is 39.3 Å². The summed E-state index contributed by atoms with van der Waals surface area (Å²) in [4.78, 5) is 11.6.